The van der Waals surface area contributed by atoms with Gasteiger partial charge in [0.2, 0.25) is 0 Å². The zero-order chi connectivity index (χ0) is 21.8. The highest BCUT2D eigenvalue weighted by Crippen LogP contribution is 2.31. The van der Waals surface area contributed by atoms with Gasteiger partial charge in [-0.1, -0.05) is 38.1 Å². The molecule has 0 atom stereocenters. The molecule has 0 spiro atoms. The van der Waals surface area contributed by atoms with E-state index in [1.807, 2.05) is 56.3 Å². The Hall–Kier alpha value is -3.34. The van der Waals surface area contributed by atoms with Gasteiger partial charge in [-0.2, -0.15) is 0 Å². The lowest BCUT2D eigenvalue weighted by Gasteiger charge is -2.13. The van der Waals surface area contributed by atoms with E-state index in [0.717, 1.165) is 22.6 Å². The number of carbonyl (C=O) groups is 2. The molecular formula is C25H28N2O3. The van der Waals surface area contributed by atoms with Crippen LogP contribution in [0.15, 0.2) is 60.8 Å². The molecule has 0 bridgehead atoms. The van der Waals surface area contributed by atoms with E-state index in [-0.39, 0.29) is 24.1 Å². The lowest BCUT2D eigenvalue weighted by atomic mass is 10.0. The van der Waals surface area contributed by atoms with E-state index < -0.39 is 0 Å². The van der Waals surface area contributed by atoms with E-state index in [1.54, 1.807) is 6.08 Å². The van der Waals surface area contributed by atoms with Crippen LogP contribution in [0, 0.1) is 19.8 Å². The molecule has 1 heterocycles. The summed E-state index contributed by atoms with van der Waals surface area (Å²) in [5.74, 6) is 0.467. The van der Waals surface area contributed by atoms with Crippen molar-refractivity contribution in [1.82, 2.24) is 4.90 Å². The lowest BCUT2D eigenvalue weighted by molar-refractivity contribution is -0.136. The topological polar surface area (TPSA) is 58.6 Å². The number of hydrogen-bond acceptors (Lipinski definition) is 4. The number of nitrogens with zero attached hydrogens (tertiary/aromatic N) is 1. The van der Waals surface area contributed by atoms with E-state index >= 15 is 0 Å². The molecule has 1 aliphatic heterocycles. The normalized spacial score (nSPS) is 14.0. The fourth-order valence-corrected chi connectivity index (χ4v) is 3.20. The van der Waals surface area contributed by atoms with Crippen molar-refractivity contribution in [3.8, 4) is 5.75 Å². The standard InChI is InChI=1S/C25H28N2O3/c1-6-13-27-24(28)22(19-8-11-21(12-9-19)30-15-16(2)3)23(25(27)29)26-20-10-7-17(4)18(5)14-20/h6-12,14,16,26H,1,13,15H2,2-5H3. The van der Waals surface area contributed by atoms with Crippen molar-refractivity contribution >= 4 is 23.1 Å². The van der Waals surface area contributed by atoms with E-state index in [0.29, 0.717) is 23.7 Å². The summed E-state index contributed by atoms with van der Waals surface area (Å²) in [5, 5.41) is 3.18. The molecule has 156 valence electrons. The summed E-state index contributed by atoms with van der Waals surface area (Å²) in [6, 6.07) is 13.1. The zero-order valence-electron chi connectivity index (χ0n) is 18.0. The number of aryl methyl sites for hydroxylation is 2. The SMILES string of the molecule is C=CCN1C(=O)C(Nc2ccc(C)c(C)c2)=C(c2ccc(OCC(C)C)cc2)C1=O. The second kappa shape index (κ2) is 8.99. The first-order valence-electron chi connectivity index (χ1n) is 10.1. The number of ether oxygens (including phenoxy) is 1. The van der Waals surface area contributed by atoms with Gasteiger partial charge in [0.1, 0.15) is 11.4 Å². The lowest BCUT2D eigenvalue weighted by Crippen LogP contribution is -2.32. The fourth-order valence-electron chi connectivity index (χ4n) is 3.20. The highest BCUT2D eigenvalue weighted by atomic mass is 16.5. The van der Waals surface area contributed by atoms with Crippen LogP contribution >= 0.6 is 0 Å². The monoisotopic (exact) mass is 404 g/mol. The molecule has 0 saturated carbocycles. The Labute approximate surface area is 178 Å². The third kappa shape index (κ3) is 4.46. The van der Waals surface area contributed by atoms with Gasteiger partial charge in [-0.05, 0) is 60.7 Å². The Morgan fingerprint density at radius 1 is 1.03 bits per heavy atom. The molecule has 1 N–H and O–H groups in total. The van der Waals surface area contributed by atoms with Crippen LogP contribution in [0.5, 0.6) is 5.75 Å². The largest absolute Gasteiger partial charge is 0.493 e. The number of hydrogen-bond donors (Lipinski definition) is 1. The molecule has 0 aromatic heterocycles. The molecule has 5 nitrogen and oxygen atoms in total. The van der Waals surface area contributed by atoms with Gasteiger partial charge in [-0.3, -0.25) is 14.5 Å². The quantitative estimate of drug-likeness (QED) is 0.511. The zero-order valence-corrected chi connectivity index (χ0v) is 18.0. The summed E-state index contributed by atoms with van der Waals surface area (Å²) < 4.78 is 5.73. The van der Waals surface area contributed by atoms with Crippen molar-refractivity contribution in [2.45, 2.75) is 27.7 Å². The first kappa shape index (κ1) is 21.4. The number of benzene rings is 2. The average molecular weight is 405 g/mol. The minimum atomic E-state index is -0.353. The predicted molar refractivity (Wildman–Crippen MR) is 120 cm³/mol. The van der Waals surface area contributed by atoms with Crippen LogP contribution in [-0.4, -0.2) is 29.9 Å². The molecule has 5 heteroatoms. The predicted octanol–water partition coefficient (Wildman–Crippen LogP) is 4.72. The smallest absolute Gasteiger partial charge is 0.278 e. The molecule has 0 radical (unpaired) electrons. The van der Waals surface area contributed by atoms with Gasteiger partial charge >= 0.3 is 0 Å². The van der Waals surface area contributed by atoms with Crippen LogP contribution in [0.4, 0.5) is 5.69 Å². The number of rotatable bonds is 8. The second-order valence-electron chi connectivity index (χ2n) is 7.91. The van der Waals surface area contributed by atoms with Crippen LogP contribution in [0.2, 0.25) is 0 Å². The number of carbonyl (C=O) groups excluding carboxylic acids is 2. The molecule has 1 aliphatic rings. The van der Waals surface area contributed by atoms with Crippen LogP contribution in [-0.2, 0) is 9.59 Å². The Morgan fingerprint density at radius 2 is 1.73 bits per heavy atom. The van der Waals surface area contributed by atoms with Crippen LogP contribution in [0.3, 0.4) is 0 Å². The van der Waals surface area contributed by atoms with Crippen molar-refractivity contribution in [2.75, 3.05) is 18.5 Å². The Bertz CT molecular complexity index is 1000. The van der Waals surface area contributed by atoms with Gasteiger partial charge in [0.05, 0.1) is 12.2 Å². The van der Waals surface area contributed by atoms with Crippen LogP contribution < -0.4 is 10.1 Å². The second-order valence-corrected chi connectivity index (χ2v) is 7.91. The fraction of sp³-hybridized carbons (Fsp3) is 0.280. The Kier molecular flexibility index (Phi) is 6.40. The van der Waals surface area contributed by atoms with E-state index in [9.17, 15) is 9.59 Å². The number of nitrogens with one attached hydrogen (secondary N) is 1. The average Bonchev–Trinajstić information content (AvgIpc) is 2.94. The molecule has 0 saturated heterocycles. The van der Waals surface area contributed by atoms with Gasteiger partial charge in [0.25, 0.3) is 11.8 Å². The highest BCUT2D eigenvalue weighted by molar-refractivity contribution is 6.36. The van der Waals surface area contributed by atoms with Crippen LogP contribution in [0.1, 0.15) is 30.5 Å². The first-order valence-corrected chi connectivity index (χ1v) is 10.1. The van der Waals surface area contributed by atoms with Crippen LogP contribution in [0.25, 0.3) is 5.57 Å². The summed E-state index contributed by atoms with van der Waals surface area (Å²) in [6.45, 7) is 12.7. The third-order valence-electron chi connectivity index (χ3n) is 4.98. The van der Waals surface area contributed by atoms with E-state index in [4.69, 9.17) is 4.74 Å². The van der Waals surface area contributed by atoms with Crippen molar-refractivity contribution in [2.24, 2.45) is 5.92 Å². The summed E-state index contributed by atoms with van der Waals surface area (Å²) >= 11 is 0. The summed E-state index contributed by atoms with van der Waals surface area (Å²) in [6.07, 6.45) is 1.55. The summed E-state index contributed by atoms with van der Waals surface area (Å²) in [7, 11) is 0. The molecule has 0 aliphatic carbocycles. The molecule has 0 fully saturated rings. The molecule has 30 heavy (non-hydrogen) atoms. The van der Waals surface area contributed by atoms with Gasteiger partial charge < -0.3 is 10.1 Å². The van der Waals surface area contributed by atoms with Gasteiger partial charge in [0.15, 0.2) is 0 Å². The minimum Gasteiger partial charge on any atom is -0.493 e. The Balaban J connectivity index is 1.98. The molecule has 2 aromatic carbocycles. The maximum absolute atomic E-state index is 13.1. The summed E-state index contributed by atoms with van der Waals surface area (Å²) in [5.41, 5.74) is 4.34. The maximum Gasteiger partial charge on any atom is 0.278 e. The number of anilines is 1. The maximum atomic E-state index is 13.1. The van der Waals surface area contributed by atoms with Gasteiger partial charge in [0, 0.05) is 12.2 Å². The van der Waals surface area contributed by atoms with Crippen molar-refractivity contribution in [1.29, 1.82) is 0 Å². The van der Waals surface area contributed by atoms with Crippen molar-refractivity contribution in [3.05, 3.63) is 77.5 Å². The van der Waals surface area contributed by atoms with E-state index in [1.165, 1.54) is 4.90 Å². The van der Waals surface area contributed by atoms with E-state index in [2.05, 4.69) is 25.7 Å². The van der Waals surface area contributed by atoms with Gasteiger partial charge in [-0.25, -0.2) is 0 Å². The molecule has 2 aromatic rings. The molecular weight excluding hydrogens is 376 g/mol. The first-order chi connectivity index (χ1) is 14.3. The molecule has 3 rings (SSSR count). The Morgan fingerprint density at radius 3 is 2.33 bits per heavy atom. The summed E-state index contributed by atoms with van der Waals surface area (Å²) in [4.78, 5) is 27.3. The number of imide groups is 1. The number of amides is 2. The highest BCUT2D eigenvalue weighted by Gasteiger charge is 2.38. The molecule has 0 unspecified atom stereocenters. The van der Waals surface area contributed by atoms with Crippen molar-refractivity contribution < 1.29 is 14.3 Å². The van der Waals surface area contributed by atoms with Crippen molar-refractivity contribution in [3.63, 3.8) is 0 Å². The molecule has 2 amide bonds. The third-order valence-corrected chi connectivity index (χ3v) is 4.98. The van der Waals surface area contributed by atoms with Gasteiger partial charge in [-0.15, -0.1) is 6.58 Å². The minimum absolute atomic E-state index is 0.162.